The molecule has 0 atom stereocenters. The third-order valence-electron chi connectivity index (χ3n) is 12.4. The Morgan fingerprint density at radius 2 is 1.00 bits per heavy atom. The Hall–Kier alpha value is -7.51. The van der Waals surface area contributed by atoms with E-state index in [0.717, 1.165) is 85.8 Å². The average molecular weight is 1000 g/mol. The highest BCUT2D eigenvalue weighted by molar-refractivity contribution is 6.17. The van der Waals surface area contributed by atoms with E-state index < -0.39 is 0 Å². The minimum atomic E-state index is -0.0946. The first-order valence-corrected chi connectivity index (χ1v) is 25.2. The summed E-state index contributed by atoms with van der Waals surface area (Å²) in [7, 11) is 3.23. The summed E-state index contributed by atoms with van der Waals surface area (Å²) in [4.78, 5) is 38.1. The molecule has 0 unspecified atom stereocenters. The van der Waals surface area contributed by atoms with Gasteiger partial charge in [-0.15, -0.1) is 11.6 Å². The zero-order chi connectivity index (χ0) is 50.9. The number of nitrogens with zero attached hydrogens (tertiary/aromatic N) is 3. The molecule has 0 bridgehead atoms. The summed E-state index contributed by atoms with van der Waals surface area (Å²) in [5.74, 6) is 5.03. The number of halogens is 1. The van der Waals surface area contributed by atoms with Crippen LogP contribution in [0.1, 0.15) is 68.7 Å². The second kappa shape index (κ2) is 25.7. The summed E-state index contributed by atoms with van der Waals surface area (Å²) >= 11 is 5.75. The van der Waals surface area contributed by atoms with E-state index in [2.05, 4.69) is 20.2 Å². The van der Waals surface area contributed by atoms with E-state index in [9.17, 15) is 9.59 Å². The summed E-state index contributed by atoms with van der Waals surface area (Å²) in [5, 5.41) is 4.92. The van der Waals surface area contributed by atoms with Crippen molar-refractivity contribution in [1.29, 1.82) is 0 Å². The minimum Gasteiger partial charge on any atom is -0.493 e. The number of nitrogens with one attached hydrogen (secondary N) is 1. The molecule has 12 nitrogen and oxygen atoms in total. The number of rotatable bonds is 21. The van der Waals surface area contributed by atoms with Gasteiger partial charge in [0.2, 0.25) is 0 Å². The Morgan fingerprint density at radius 1 is 0.534 bits per heavy atom. The number of unbranched alkanes of at least 4 members (excludes halogenated alkanes) is 2. The molecular weight excluding hydrogens is 940 g/mol. The van der Waals surface area contributed by atoms with Crippen LogP contribution in [-0.2, 0) is 0 Å². The van der Waals surface area contributed by atoms with Crippen molar-refractivity contribution in [2.45, 2.75) is 39.5 Å². The molecule has 376 valence electrons. The number of ketones is 2. The van der Waals surface area contributed by atoms with E-state index in [4.69, 9.17) is 40.0 Å². The number of hydrogen-bond acceptors (Lipinski definition) is 12. The smallest absolute Gasteiger partial charge is 0.196 e. The summed E-state index contributed by atoms with van der Waals surface area (Å²) in [6.07, 6.45) is 7.17. The summed E-state index contributed by atoms with van der Waals surface area (Å²) in [6, 6.07) is 40.7. The van der Waals surface area contributed by atoms with E-state index in [-0.39, 0.29) is 11.6 Å². The molecule has 0 aliphatic carbocycles. The molecule has 1 aliphatic rings. The van der Waals surface area contributed by atoms with Crippen molar-refractivity contribution in [1.82, 2.24) is 20.2 Å². The van der Waals surface area contributed by atoms with Gasteiger partial charge in [0, 0.05) is 78.5 Å². The molecular formula is C60H61ClN4O8. The van der Waals surface area contributed by atoms with Gasteiger partial charge < -0.3 is 38.6 Å². The predicted octanol–water partition coefficient (Wildman–Crippen LogP) is 12.6. The monoisotopic (exact) mass is 1000 g/mol. The van der Waals surface area contributed by atoms with E-state index in [0.29, 0.717) is 92.9 Å². The van der Waals surface area contributed by atoms with Crippen molar-refractivity contribution in [2.24, 2.45) is 0 Å². The SMILES string of the molecule is COc1cc2c(Oc3ccc(C)cc3C(=O)c3ccccc3)ccnc2cc1OCCCCCl.COc1cc2c(Oc3ccc(C)cc3C(=O)c3ccccc3)ccnc2cc1OCCCCN1CCNCC1. The first-order valence-electron chi connectivity index (χ1n) is 24.7. The van der Waals surface area contributed by atoms with Crippen LogP contribution in [0.5, 0.6) is 46.0 Å². The Bertz CT molecular complexity index is 3130. The fraction of sp³-hybridized carbons (Fsp3) is 0.267. The van der Waals surface area contributed by atoms with Crippen LogP contribution in [0.4, 0.5) is 0 Å². The molecule has 6 aromatic carbocycles. The first kappa shape index (κ1) is 51.8. The zero-order valence-corrected chi connectivity index (χ0v) is 42.6. The Morgan fingerprint density at radius 3 is 1.45 bits per heavy atom. The van der Waals surface area contributed by atoms with Gasteiger partial charge in [0.1, 0.15) is 23.0 Å². The van der Waals surface area contributed by atoms with Crippen LogP contribution in [0, 0.1) is 13.8 Å². The molecule has 3 heterocycles. The second-order valence-corrected chi connectivity index (χ2v) is 18.0. The van der Waals surface area contributed by atoms with E-state index >= 15 is 0 Å². The largest absolute Gasteiger partial charge is 0.493 e. The number of hydrogen-bond donors (Lipinski definition) is 1. The van der Waals surface area contributed by atoms with Gasteiger partial charge in [0.05, 0.1) is 49.6 Å². The van der Waals surface area contributed by atoms with Crippen LogP contribution in [0.2, 0.25) is 0 Å². The fourth-order valence-electron chi connectivity index (χ4n) is 8.46. The van der Waals surface area contributed by atoms with E-state index in [1.54, 1.807) is 50.9 Å². The number of carbonyl (C=O) groups excluding carboxylic acids is 2. The van der Waals surface area contributed by atoms with E-state index in [1.807, 2.05) is 123 Å². The second-order valence-electron chi connectivity index (χ2n) is 17.6. The maximum Gasteiger partial charge on any atom is 0.196 e. The lowest BCUT2D eigenvalue weighted by atomic mass is 10.0. The molecule has 0 amide bonds. The number of methoxy groups -OCH3 is 2. The van der Waals surface area contributed by atoms with Crippen LogP contribution < -0.4 is 33.7 Å². The first-order chi connectivity index (χ1) is 35.7. The molecule has 1 aliphatic heterocycles. The molecule has 1 N–H and O–H groups in total. The van der Waals surface area contributed by atoms with Crippen molar-refractivity contribution in [3.8, 4) is 46.0 Å². The highest BCUT2D eigenvalue weighted by Crippen LogP contribution is 2.40. The molecule has 8 aromatic rings. The highest BCUT2D eigenvalue weighted by Gasteiger charge is 2.20. The van der Waals surface area contributed by atoms with Gasteiger partial charge in [0.15, 0.2) is 34.6 Å². The molecule has 0 spiro atoms. The van der Waals surface area contributed by atoms with E-state index in [1.165, 1.54) is 0 Å². The number of piperazine rings is 1. The van der Waals surface area contributed by atoms with Crippen LogP contribution in [-0.4, -0.2) is 92.5 Å². The predicted molar refractivity (Wildman–Crippen MR) is 288 cm³/mol. The lowest BCUT2D eigenvalue weighted by Gasteiger charge is -2.27. The average Bonchev–Trinajstić information content (AvgIpc) is 3.43. The third-order valence-corrected chi connectivity index (χ3v) is 12.6. The molecule has 1 saturated heterocycles. The lowest BCUT2D eigenvalue weighted by molar-refractivity contribution is 0.102. The van der Waals surface area contributed by atoms with Crippen LogP contribution in [0.15, 0.2) is 146 Å². The fourth-order valence-corrected chi connectivity index (χ4v) is 8.65. The lowest BCUT2D eigenvalue weighted by Crippen LogP contribution is -2.43. The standard InChI is InChI=1S/C32H35N3O4.C28H26ClNO4/c1-23-10-11-28(26(20-23)32(36)24-8-4-3-5-9-24)39-29-12-13-34-27-22-31(30(37-2)21-25(27)29)38-19-7-6-16-35-17-14-33-15-18-35;1-19-10-11-24(22(16-19)28(31)20-8-4-3-5-9-20)34-25-12-14-30-23-18-27(33-15-7-6-13-29)26(32-2)17-21(23)25/h3-5,8-13,20-22,33H,6-7,14-19H2,1-2H3;3-5,8-12,14,16-18H,6-7,13,15H2,1-2H3. The zero-order valence-electron chi connectivity index (χ0n) is 41.8. The number of carbonyl (C=O) groups is 2. The van der Waals surface area contributed by atoms with Crippen LogP contribution in [0.3, 0.4) is 0 Å². The maximum absolute atomic E-state index is 13.3. The number of pyridine rings is 2. The van der Waals surface area contributed by atoms with Crippen molar-refractivity contribution in [2.75, 3.05) is 66.0 Å². The Labute approximate surface area is 432 Å². The third kappa shape index (κ3) is 13.5. The molecule has 2 aromatic heterocycles. The van der Waals surface area contributed by atoms with Crippen molar-refractivity contribution in [3.63, 3.8) is 0 Å². The summed E-state index contributed by atoms with van der Waals surface area (Å²) in [5.41, 5.74) is 5.63. The minimum absolute atomic E-state index is 0.0853. The van der Waals surface area contributed by atoms with Gasteiger partial charge in [-0.1, -0.05) is 83.9 Å². The Kier molecular flexibility index (Phi) is 18.3. The van der Waals surface area contributed by atoms with Gasteiger partial charge in [-0.2, -0.15) is 0 Å². The quantitative estimate of drug-likeness (QED) is 0.0418. The number of fused-ring (bicyclic) bond motifs is 2. The van der Waals surface area contributed by atoms with Crippen molar-refractivity contribution < 1.29 is 38.0 Å². The van der Waals surface area contributed by atoms with Crippen molar-refractivity contribution >= 4 is 45.0 Å². The number of benzene rings is 6. The molecule has 73 heavy (non-hydrogen) atoms. The summed E-state index contributed by atoms with van der Waals surface area (Å²) < 4.78 is 35.9. The summed E-state index contributed by atoms with van der Waals surface area (Å²) in [6.45, 7) is 10.5. The Balaban J connectivity index is 0.000000197. The maximum atomic E-state index is 13.3. The number of ether oxygens (including phenoxy) is 6. The van der Waals surface area contributed by atoms with Crippen molar-refractivity contribution in [3.05, 3.63) is 179 Å². The number of aromatic nitrogens is 2. The molecule has 0 saturated carbocycles. The van der Waals surface area contributed by atoms with Crippen LogP contribution >= 0.6 is 11.6 Å². The van der Waals surface area contributed by atoms with Crippen LogP contribution in [0.25, 0.3) is 21.8 Å². The van der Waals surface area contributed by atoms with Gasteiger partial charge >= 0.3 is 0 Å². The molecule has 13 heteroatoms. The van der Waals surface area contributed by atoms with Gasteiger partial charge in [-0.25, -0.2) is 0 Å². The highest BCUT2D eigenvalue weighted by atomic mass is 35.5. The van der Waals surface area contributed by atoms with Gasteiger partial charge in [0.25, 0.3) is 0 Å². The number of aryl methyl sites for hydroxylation is 2. The topological polar surface area (TPSA) is 131 Å². The normalized spacial score (nSPS) is 12.4. The molecule has 1 fully saturated rings. The molecule has 0 radical (unpaired) electrons. The number of alkyl halides is 1. The van der Waals surface area contributed by atoms with Gasteiger partial charge in [-0.05, 0) is 94.6 Å². The molecule has 9 rings (SSSR count). The van der Waals surface area contributed by atoms with Gasteiger partial charge in [-0.3, -0.25) is 19.6 Å².